The fourth-order valence-corrected chi connectivity index (χ4v) is 2.46. The summed E-state index contributed by atoms with van der Waals surface area (Å²) in [5, 5.41) is 16.7. The Labute approximate surface area is 147 Å². The fourth-order valence-electron chi connectivity index (χ4n) is 2.46. The molecule has 1 heterocycles. The van der Waals surface area contributed by atoms with Gasteiger partial charge in [0.15, 0.2) is 5.96 Å². The number of guanidine groups is 1. The molecule has 1 unspecified atom stereocenters. The number of unbranched alkanes of at least 4 members (excludes halogenated alkanes) is 2. The van der Waals surface area contributed by atoms with E-state index < -0.39 is 6.10 Å². The summed E-state index contributed by atoms with van der Waals surface area (Å²) in [6.07, 6.45) is 7.77. The Hall–Kier alpha value is -1.62. The molecule has 1 aromatic heterocycles. The first-order valence-corrected chi connectivity index (χ1v) is 9.08. The number of hydrogen-bond donors (Lipinski definition) is 3. The van der Waals surface area contributed by atoms with Gasteiger partial charge in [-0.05, 0) is 36.5 Å². The average Bonchev–Trinajstić information content (AvgIpc) is 2.58. The number of nitrogens with zero attached hydrogens (tertiary/aromatic N) is 2. The molecule has 0 bridgehead atoms. The third-order valence-electron chi connectivity index (χ3n) is 4.02. The van der Waals surface area contributed by atoms with Crippen molar-refractivity contribution in [1.29, 1.82) is 0 Å². The molecule has 0 amide bonds. The minimum Gasteiger partial charge on any atom is -0.387 e. The van der Waals surface area contributed by atoms with E-state index in [9.17, 15) is 5.11 Å². The highest BCUT2D eigenvalue weighted by atomic mass is 16.3. The van der Waals surface area contributed by atoms with Crippen LogP contribution in [0.1, 0.15) is 65.0 Å². The molecule has 5 nitrogen and oxygen atoms in total. The maximum Gasteiger partial charge on any atom is 0.191 e. The molecular formula is C19H34N4O. The number of aliphatic hydroxyl groups excluding tert-OH is 1. The van der Waals surface area contributed by atoms with Crippen LogP contribution < -0.4 is 10.6 Å². The Morgan fingerprint density at radius 3 is 2.54 bits per heavy atom. The van der Waals surface area contributed by atoms with Crippen LogP contribution in [0, 0.1) is 5.41 Å². The van der Waals surface area contributed by atoms with Gasteiger partial charge in [-0.3, -0.25) is 9.98 Å². The number of aliphatic hydroxyl groups is 1. The van der Waals surface area contributed by atoms with E-state index in [0.29, 0.717) is 6.54 Å². The Balaban J connectivity index is 2.52. The third kappa shape index (κ3) is 8.29. The van der Waals surface area contributed by atoms with Crippen molar-refractivity contribution in [2.24, 2.45) is 10.4 Å². The van der Waals surface area contributed by atoms with Gasteiger partial charge in [0.1, 0.15) is 0 Å². The Kier molecular flexibility index (Phi) is 9.38. The zero-order valence-electron chi connectivity index (χ0n) is 15.7. The second kappa shape index (κ2) is 11.0. The van der Waals surface area contributed by atoms with E-state index in [0.717, 1.165) is 24.6 Å². The van der Waals surface area contributed by atoms with E-state index in [4.69, 9.17) is 4.99 Å². The summed E-state index contributed by atoms with van der Waals surface area (Å²) in [5.74, 6) is 0.758. The van der Waals surface area contributed by atoms with Crippen molar-refractivity contribution >= 4 is 5.96 Å². The molecule has 5 heteroatoms. The zero-order valence-corrected chi connectivity index (χ0v) is 15.7. The highest BCUT2D eigenvalue weighted by molar-refractivity contribution is 5.79. The lowest BCUT2D eigenvalue weighted by atomic mass is 9.87. The van der Waals surface area contributed by atoms with Crippen molar-refractivity contribution < 1.29 is 5.11 Å². The van der Waals surface area contributed by atoms with Crippen molar-refractivity contribution in [3.05, 3.63) is 30.1 Å². The fraction of sp³-hybridized carbons (Fsp3) is 0.684. The molecule has 1 aromatic rings. The lowest BCUT2D eigenvalue weighted by Crippen LogP contribution is -2.40. The van der Waals surface area contributed by atoms with Crippen LogP contribution in [0.2, 0.25) is 0 Å². The summed E-state index contributed by atoms with van der Waals surface area (Å²) >= 11 is 0. The molecule has 1 rings (SSSR count). The number of rotatable bonds is 10. The van der Waals surface area contributed by atoms with E-state index in [1.54, 1.807) is 12.4 Å². The van der Waals surface area contributed by atoms with Crippen molar-refractivity contribution in [3.63, 3.8) is 0 Å². The molecule has 0 saturated carbocycles. The molecule has 0 radical (unpaired) electrons. The van der Waals surface area contributed by atoms with Gasteiger partial charge in [-0.1, -0.05) is 40.0 Å². The van der Waals surface area contributed by atoms with E-state index in [2.05, 4.69) is 36.4 Å². The summed E-state index contributed by atoms with van der Waals surface area (Å²) in [6.45, 7) is 10.8. The van der Waals surface area contributed by atoms with E-state index >= 15 is 0 Å². The topological polar surface area (TPSA) is 69.5 Å². The van der Waals surface area contributed by atoms with Crippen molar-refractivity contribution in [3.8, 4) is 0 Å². The maximum atomic E-state index is 10.2. The highest BCUT2D eigenvalue weighted by Gasteiger charge is 2.17. The molecule has 0 aliphatic rings. The summed E-state index contributed by atoms with van der Waals surface area (Å²) in [7, 11) is 0. The summed E-state index contributed by atoms with van der Waals surface area (Å²) in [6, 6.07) is 3.65. The van der Waals surface area contributed by atoms with Gasteiger partial charge in [-0.15, -0.1) is 0 Å². The predicted molar refractivity (Wildman–Crippen MR) is 101 cm³/mol. The van der Waals surface area contributed by atoms with Crippen LogP contribution in [0.15, 0.2) is 29.5 Å². The first-order valence-electron chi connectivity index (χ1n) is 9.08. The van der Waals surface area contributed by atoms with Gasteiger partial charge in [0, 0.05) is 32.0 Å². The molecule has 0 aliphatic carbocycles. The van der Waals surface area contributed by atoms with Crippen LogP contribution in [-0.2, 0) is 0 Å². The van der Waals surface area contributed by atoms with E-state index in [1.165, 1.54) is 25.7 Å². The monoisotopic (exact) mass is 334 g/mol. The number of pyridine rings is 1. The van der Waals surface area contributed by atoms with Gasteiger partial charge in [0.2, 0.25) is 0 Å². The Bertz CT molecular complexity index is 474. The lowest BCUT2D eigenvalue weighted by Gasteiger charge is -2.23. The molecular weight excluding hydrogens is 300 g/mol. The van der Waals surface area contributed by atoms with E-state index in [-0.39, 0.29) is 5.41 Å². The maximum absolute atomic E-state index is 10.2. The minimum absolute atomic E-state index is 0.196. The van der Waals surface area contributed by atoms with Crippen molar-refractivity contribution in [1.82, 2.24) is 15.6 Å². The predicted octanol–water partition coefficient (Wildman–Crippen LogP) is 3.28. The quantitative estimate of drug-likeness (QED) is 0.349. The zero-order chi connectivity index (χ0) is 17.8. The standard InChI is InChI=1S/C19H34N4O/c1-5-7-8-11-19(3,4)15-23-18(21-6-2)22-14-17(24)16-9-12-20-13-10-16/h9-10,12-13,17,24H,5-8,11,14-15H2,1-4H3,(H2,21,22,23). The summed E-state index contributed by atoms with van der Waals surface area (Å²) in [5.41, 5.74) is 1.05. The van der Waals surface area contributed by atoms with Gasteiger partial charge in [0.25, 0.3) is 0 Å². The Morgan fingerprint density at radius 1 is 1.21 bits per heavy atom. The van der Waals surface area contributed by atoms with Crippen LogP contribution in [0.4, 0.5) is 0 Å². The average molecular weight is 335 g/mol. The molecule has 0 saturated heterocycles. The van der Waals surface area contributed by atoms with Gasteiger partial charge in [-0.2, -0.15) is 0 Å². The first-order chi connectivity index (χ1) is 11.5. The van der Waals surface area contributed by atoms with Crippen molar-refractivity contribution in [2.75, 3.05) is 19.6 Å². The van der Waals surface area contributed by atoms with Gasteiger partial charge in [-0.25, -0.2) is 0 Å². The number of hydrogen-bond acceptors (Lipinski definition) is 3. The summed E-state index contributed by atoms with van der Waals surface area (Å²) < 4.78 is 0. The molecule has 0 aromatic carbocycles. The third-order valence-corrected chi connectivity index (χ3v) is 4.02. The molecule has 136 valence electrons. The lowest BCUT2D eigenvalue weighted by molar-refractivity contribution is 0.180. The minimum atomic E-state index is -0.575. The normalized spacial score (nSPS) is 13.6. The second-order valence-corrected chi connectivity index (χ2v) is 6.99. The molecule has 3 N–H and O–H groups in total. The molecule has 24 heavy (non-hydrogen) atoms. The van der Waals surface area contributed by atoms with Gasteiger partial charge < -0.3 is 15.7 Å². The smallest absolute Gasteiger partial charge is 0.191 e. The van der Waals surface area contributed by atoms with Crippen LogP contribution in [0.25, 0.3) is 0 Å². The van der Waals surface area contributed by atoms with Crippen LogP contribution >= 0.6 is 0 Å². The summed E-state index contributed by atoms with van der Waals surface area (Å²) in [4.78, 5) is 8.67. The largest absolute Gasteiger partial charge is 0.387 e. The van der Waals surface area contributed by atoms with Crippen LogP contribution in [0.5, 0.6) is 0 Å². The number of aliphatic imine (C=N–C) groups is 1. The van der Waals surface area contributed by atoms with Gasteiger partial charge >= 0.3 is 0 Å². The van der Waals surface area contributed by atoms with Crippen molar-refractivity contribution in [2.45, 2.75) is 59.5 Å². The first kappa shape index (κ1) is 20.4. The molecule has 0 spiro atoms. The second-order valence-electron chi connectivity index (χ2n) is 6.99. The molecule has 1 atom stereocenters. The van der Waals surface area contributed by atoms with Crippen LogP contribution in [0.3, 0.4) is 0 Å². The SMILES string of the molecule is CCCCCC(C)(C)CN=C(NCC)NCC(O)c1ccncc1. The number of aromatic nitrogens is 1. The molecule has 0 fully saturated rings. The van der Waals surface area contributed by atoms with Gasteiger partial charge in [0.05, 0.1) is 6.10 Å². The highest BCUT2D eigenvalue weighted by Crippen LogP contribution is 2.24. The van der Waals surface area contributed by atoms with E-state index in [1.807, 2.05) is 19.1 Å². The number of nitrogens with one attached hydrogen (secondary N) is 2. The van der Waals surface area contributed by atoms with Crippen LogP contribution in [-0.4, -0.2) is 35.7 Å². The molecule has 0 aliphatic heterocycles. The Morgan fingerprint density at radius 2 is 1.92 bits per heavy atom.